The minimum Gasteiger partial charge on any atom is -0.384 e. The summed E-state index contributed by atoms with van der Waals surface area (Å²) in [5, 5.41) is 0. The van der Waals surface area contributed by atoms with E-state index in [1.165, 1.54) is 0 Å². The first kappa shape index (κ1) is 8.69. The summed E-state index contributed by atoms with van der Waals surface area (Å²) in [6.07, 6.45) is 0. The Bertz CT molecular complexity index is 440. The Morgan fingerprint density at radius 3 is 2.36 bits per heavy atom. The van der Waals surface area contributed by atoms with E-state index in [1.54, 1.807) is 12.1 Å². The van der Waals surface area contributed by atoms with Crippen molar-refractivity contribution in [2.24, 2.45) is 0 Å². The fraction of sp³-hybridized carbons (Fsp3) is 0. The standard InChI is InChI=1S/C11H9FN2/c12-11-9(6-7-10(13)14-11)8-4-2-1-3-5-8/h1-7H,(H2,13,14). The second-order valence-corrected chi connectivity index (χ2v) is 2.94. The Morgan fingerprint density at radius 2 is 1.71 bits per heavy atom. The zero-order valence-electron chi connectivity index (χ0n) is 7.44. The number of rotatable bonds is 1. The Kier molecular flexibility index (Phi) is 2.14. The average Bonchev–Trinajstić information content (AvgIpc) is 2.19. The SMILES string of the molecule is Nc1ccc(-c2ccccc2)c(F)n1. The van der Waals surface area contributed by atoms with Crippen LogP contribution in [0.3, 0.4) is 0 Å². The number of aromatic nitrogens is 1. The van der Waals surface area contributed by atoms with Crippen LogP contribution < -0.4 is 5.73 Å². The first-order chi connectivity index (χ1) is 6.77. The zero-order chi connectivity index (χ0) is 9.97. The van der Waals surface area contributed by atoms with E-state index in [-0.39, 0.29) is 5.82 Å². The average molecular weight is 188 g/mol. The molecule has 0 amide bonds. The predicted octanol–water partition coefficient (Wildman–Crippen LogP) is 2.47. The van der Waals surface area contributed by atoms with E-state index in [0.29, 0.717) is 5.56 Å². The minimum atomic E-state index is -0.531. The van der Waals surface area contributed by atoms with Crippen LogP contribution >= 0.6 is 0 Å². The van der Waals surface area contributed by atoms with Crippen LogP contribution in [0.1, 0.15) is 0 Å². The van der Waals surface area contributed by atoms with E-state index in [9.17, 15) is 4.39 Å². The summed E-state index contributed by atoms with van der Waals surface area (Å²) >= 11 is 0. The van der Waals surface area contributed by atoms with Gasteiger partial charge in [-0.25, -0.2) is 4.98 Å². The van der Waals surface area contributed by atoms with Gasteiger partial charge in [-0.3, -0.25) is 0 Å². The van der Waals surface area contributed by atoms with E-state index >= 15 is 0 Å². The van der Waals surface area contributed by atoms with Crippen LogP contribution in [0.15, 0.2) is 42.5 Å². The molecule has 2 rings (SSSR count). The van der Waals surface area contributed by atoms with Gasteiger partial charge in [0.25, 0.3) is 0 Å². The van der Waals surface area contributed by atoms with Crippen LogP contribution in [0.25, 0.3) is 11.1 Å². The number of benzene rings is 1. The third-order valence-electron chi connectivity index (χ3n) is 1.96. The minimum absolute atomic E-state index is 0.196. The molecule has 2 N–H and O–H groups in total. The summed E-state index contributed by atoms with van der Waals surface area (Å²) in [6, 6.07) is 12.5. The van der Waals surface area contributed by atoms with Gasteiger partial charge in [0.05, 0.1) is 0 Å². The van der Waals surface area contributed by atoms with Gasteiger partial charge in [0.1, 0.15) is 5.82 Å². The molecule has 0 saturated carbocycles. The molecule has 0 spiro atoms. The molecule has 0 aliphatic rings. The van der Waals surface area contributed by atoms with Gasteiger partial charge in [0.15, 0.2) is 0 Å². The van der Waals surface area contributed by atoms with Gasteiger partial charge >= 0.3 is 0 Å². The molecule has 0 atom stereocenters. The second-order valence-electron chi connectivity index (χ2n) is 2.94. The fourth-order valence-electron chi connectivity index (χ4n) is 1.28. The maximum Gasteiger partial charge on any atom is 0.222 e. The zero-order valence-corrected chi connectivity index (χ0v) is 7.44. The summed E-state index contributed by atoms with van der Waals surface area (Å²) in [4.78, 5) is 3.56. The number of pyridine rings is 1. The van der Waals surface area contributed by atoms with E-state index in [1.807, 2.05) is 30.3 Å². The lowest BCUT2D eigenvalue weighted by Crippen LogP contribution is -1.94. The molecule has 0 aliphatic carbocycles. The van der Waals surface area contributed by atoms with Crippen molar-refractivity contribution in [3.63, 3.8) is 0 Å². The summed E-state index contributed by atoms with van der Waals surface area (Å²) < 4.78 is 13.3. The first-order valence-corrected chi connectivity index (χ1v) is 4.25. The third-order valence-corrected chi connectivity index (χ3v) is 1.96. The van der Waals surface area contributed by atoms with Gasteiger partial charge < -0.3 is 5.73 Å². The highest BCUT2D eigenvalue weighted by Crippen LogP contribution is 2.21. The van der Waals surface area contributed by atoms with Crippen molar-refractivity contribution in [3.05, 3.63) is 48.4 Å². The van der Waals surface area contributed by atoms with Gasteiger partial charge in [-0.2, -0.15) is 4.39 Å². The van der Waals surface area contributed by atoms with Crippen molar-refractivity contribution in [2.75, 3.05) is 5.73 Å². The second kappa shape index (κ2) is 3.46. The van der Waals surface area contributed by atoms with Gasteiger partial charge in [-0.05, 0) is 17.7 Å². The molecule has 1 heterocycles. The Morgan fingerprint density at radius 1 is 1.00 bits per heavy atom. The van der Waals surface area contributed by atoms with E-state index in [0.717, 1.165) is 5.56 Å². The number of halogens is 1. The van der Waals surface area contributed by atoms with Gasteiger partial charge in [0, 0.05) is 5.56 Å². The largest absolute Gasteiger partial charge is 0.384 e. The number of hydrogen-bond acceptors (Lipinski definition) is 2. The molecule has 0 unspecified atom stereocenters. The maximum atomic E-state index is 13.3. The highest BCUT2D eigenvalue weighted by molar-refractivity contribution is 5.63. The van der Waals surface area contributed by atoms with Gasteiger partial charge in [0.2, 0.25) is 5.95 Å². The van der Waals surface area contributed by atoms with E-state index in [2.05, 4.69) is 4.98 Å². The van der Waals surface area contributed by atoms with Crippen molar-refractivity contribution in [1.82, 2.24) is 4.98 Å². The molecule has 2 nitrogen and oxygen atoms in total. The van der Waals surface area contributed by atoms with Gasteiger partial charge in [-0.1, -0.05) is 30.3 Å². The Hall–Kier alpha value is -1.90. The molecule has 0 radical (unpaired) electrons. The maximum absolute atomic E-state index is 13.3. The summed E-state index contributed by atoms with van der Waals surface area (Å²) in [5.41, 5.74) is 6.63. The molecule has 0 fully saturated rings. The van der Waals surface area contributed by atoms with Gasteiger partial charge in [-0.15, -0.1) is 0 Å². The third kappa shape index (κ3) is 1.57. The molecule has 0 bridgehead atoms. The summed E-state index contributed by atoms with van der Waals surface area (Å²) in [7, 11) is 0. The van der Waals surface area contributed by atoms with Crippen molar-refractivity contribution in [1.29, 1.82) is 0 Å². The highest BCUT2D eigenvalue weighted by Gasteiger charge is 2.05. The number of nitrogen functional groups attached to an aromatic ring is 1. The van der Waals surface area contributed by atoms with E-state index < -0.39 is 5.95 Å². The number of nitrogens with zero attached hydrogens (tertiary/aromatic N) is 1. The Labute approximate surface area is 81.2 Å². The van der Waals surface area contributed by atoms with E-state index in [4.69, 9.17) is 5.73 Å². The van der Waals surface area contributed by atoms with Crippen LogP contribution in [0.4, 0.5) is 10.2 Å². The molecular weight excluding hydrogens is 179 g/mol. The first-order valence-electron chi connectivity index (χ1n) is 4.25. The number of nitrogens with two attached hydrogens (primary N) is 1. The molecule has 1 aromatic heterocycles. The normalized spacial score (nSPS) is 10.1. The summed E-state index contributed by atoms with van der Waals surface area (Å²) in [5.74, 6) is -0.335. The van der Waals surface area contributed by atoms with Crippen LogP contribution in [-0.4, -0.2) is 4.98 Å². The van der Waals surface area contributed by atoms with Crippen LogP contribution in [-0.2, 0) is 0 Å². The topological polar surface area (TPSA) is 38.9 Å². The van der Waals surface area contributed by atoms with Crippen molar-refractivity contribution in [3.8, 4) is 11.1 Å². The molecule has 14 heavy (non-hydrogen) atoms. The molecule has 0 saturated heterocycles. The monoisotopic (exact) mass is 188 g/mol. The predicted molar refractivity (Wildman–Crippen MR) is 54.0 cm³/mol. The van der Waals surface area contributed by atoms with Crippen LogP contribution in [0.5, 0.6) is 0 Å². The van der Waals surface area contributed by atoms with Crippen LogP contribution in [0.2, 0.25) is 0 Å². The summed E-state index contributed by atoms with van der Waals surface area (Å²) in [6.45, 7) is 0. The van der Waals surface area contributed by atoms with Crippen molar-refractivity contribution < 1.29 is 4.39 Å². The quantitative estimate of drug-likeness (QED) is 0.698. The lowest BCUT2D eigenvalue weighted by molar-refractivity contribution is 0.589. The molecular formula is C11H9FN2. The fourth-order valence-corrected chi connectivity index (χ4v) is 1.28. The highest BCUT2D eigenvalue weighted by atomic mass is 19.1. The lowest BCUT2D eigenvalue weighted by atomic mass is 10.1. The smallest absolute Gasteiger partial charge is 0.222 e. The number of anilines is 1. The molecule has 3 heteroatoms. The number of hydrogen-bond donors (Lipinski definition) is 1. The van der Waals surface area contributed by atoms with Crippen LogP contribution in [0, 0.1) is 5.95 Å². The van der Waals surface area contributed by atoms with Crippen molar-refractivity contribution >= 4 is 5.82 Å². The lowest BCUT2D eigenvalue weighted by Gasteiger charge is -2.02. The molecule has 2 aromatic rings. The molecule has 0 aliphatic heterocycles. The molecule has 70 valence electrons. The molecule has 1 aromatic carbocycles. The van der Waals surface area contributed by atoms with Crippen molar-refractivity contribution in [2.45, 2.75) is 0 Å². The Balaban J connectivity index is 2.53.